The number of hydrogen-bond acceptors (Lipinski definition) is 4. The molecule has 0 aromatic heterocycles. The molecule has 0 heterocycles. The standard InChI is InChI=1S/C22H34O4/c1-20-9-6-15(23)12-14(20)4-5-16-17(20)7-10-21(2)18(16)8-11-22(21,25)13-19(24)26-3/h4,15-18,23,25H,5-13H2,1-3H3/t15-,16+,17-,18-,20+,21-,22-/m1/s1. The molecule has 4 rings (SSSR count). The molecule has 0 saturated heterocycles. The van der Waals surface area contributed by atoms with Crippen molar-refractivity contribution in [2.24, 2.45) is 28.6 Å². The van der Waals surface area contributed by atoms with Crippen molar-refractivity contribution in [2.45, 2.75) is 83.3 Å². The number of rotatable bonds is 2. The number of allylic oxidation sites excluding steroid dienone is 1. The van der Waals surface area contributed by atoms with Crippen molar-refractivity contribution < 1.29 is 19.7 Å². The zero-order valence-corrected chi connectivity index (χ0v) is 16.5. The molecule has 4 aliphatic rings. The van der Waals surface area contributed by atoms with Gasteiger partial charge in [-0.1, -0.05) is 25.5 Å². The Morgan fingerprint density at radius 2 is 1.92 bits per heavy atom. The number of hydrogen-bond donors (Lipinski definition) is 2. The summed E-state index contributed by atoms with van der Waals surface area (Å²) in [5.41, 5.74) is 0.567. The summed E-state index contributed by atoms with van der Waals surface area (Å²) in [6.07, 6.45) is 10.1. The molecule has 4 nitrogen and oxygen atoms in total. The number of aliphatic hydroxyl groups is 2. The van der Waals surface area contributed by atoms with Crippen LogP contribution in [0.3, 0.4) is 0 Å². The molecule has 0 spiro atoms. The number of fused-ring (bicyclic) bond motifs is 5. The Morgan fingerprint density at radius 1 is 1.19 bits per heavy atom. The van der Waals surface area contributed by atoms with Crippen LogP contribution in [0.2, 0.25) is 0 Å². The van der Waals surface area contributed by atoms with E-state index in [-0.39, 0.29) is 29.3 Å². The predicted octanol–water partition coefficient (Wildman–Crippen LogP) is 3.60. The first-order valence-corrected chi connectivity index (χ1v) is 10.4. The monoisotopic (exact) mass is 362 g/mol. The Bertz CT molecular complexity index is 628. The molecule has 146 valence electrons. The summed E-state index contributed by atoms with van der Waals surface area (Å²) in [4.78, 5) is 11.9. The minimum atomic E-state index is -0.927. The number of carbonyl (C=O) groups is 1. The molecule has 7 atom stereocenters. The van der Waals surface area contributed by atoms with Crippen LogP contribution in [-0.2, 0) is 9.53 Å². The molecule has 0 bridgehead atoms. The second-order valence-electron chi connectivity index (χ2n) is 9.94. The SMILES string of the molecule is COC(=O)C[C@]1(O)CC[C@@H]2[C@H]3CC=C4C[C@H](O)CC[C@]4(C)[C@@H]3CC[C@]21C. The molecule has 0 radical (unpaired) electrons. The maximum absolute atomic E-state index is 11.9. The topological polar surface area (TPSA) is 66.8 Å². The number of aliphatic hydroxyl groups excluding tert-OH is 1. The van der Waals surface area contributed by atoms with Gasteiger partial charge in [0.15, 0.2) is 0 Å². The summed E-state index contributed by atoms with van der Waals surface area (Å²) in [5.74, 6) is 1.41. The number of carbonyl (C=O) groups excluding carboxylic acids is 1. The maximum Gasteiger partial charge on any atom is 0.308 e. The van der Waals surface area contributed by atoms with Crippen molar-refractivity contribution in [1.29, 1.82) is 0 Å². The molecule has 26 heavy (non-hydrogen) atoms. The highest BCUT2D eigenvalue weighted by molar-refractivity contribution is 5.70. The summed E-state index contributed by atoms with van der Waals surface area (Å²) in [6, 6.07) is 0. The quantitative estimate of drug-likeness (QED) is 0.582. The van der Waals surface area contributed by atoms with Crippen molar-refractivity contribution in [2.75, 3.05) is 7.11 Å². The van der Waals surface area contributed by atoms with Crippen LogP contribution in [-0.4, -0.2) is 35.0 Å². The lowest BCUT2D eigenvalue weighted by Crippen LogP contribution is -2.55. The highest BCUT2D eigenvalue weighted by Gasteiger charge is 2.64. The van der Waals surface area contributed by atoms with Gasteiger partial charge in [-0.15, -0.1) is 0 Å². The van der Waals surface area contributed by atoms with Gasteiger partial charge in [0.1, 0.15) is 0 Å². The Labute approximate surface area is 157 Å². The minimum Gasteiger partial charge on any atom is -0.469 e. The number of ether oxygens (including phenoxy) is 1. The highest BCUT2D eigenvalue weighted by atomic mass is 16.5. The highest BCUT2D eigenvalue weighted by Crippen LogP contribution is 2.67. The van der Waals surface area contributed by atoms with Crippen LogP contribution in [0.1, 0.15) is 71.6 Å². The van der Waals surface area contributed by atoms with Gasteiger partial charge in [-0.05, 0) is 80.0 Å². The molecular weight excluding hydrogens is 328 g/mol. The van der Waals surface area contributed by atoms with Gasteiger partial charge >= 0.3 is 5.97 Å². The van der Waals surface area contributed by atoms with Crippen molar-refractivity contribution in [3.63, 3.8) is 0 Å². The van der Waals surface area contributed by atoms with Gasteiger partial charge in [0.25, 0.3) is 0 Å². The molecule has 0 aromatic rings. The first-order valence-electron chi connectivity index (χ1n) is 10.4. The van der Waals surface area contributed by atoms with E-state index in [2.05, 4.69) is 19.9 Å². The van der Waals surface area contributed by atoms with Gasteiger partial charge in [0.2, 0.25) is 0 Å². The summed E-state index contributed by atoms with van der Waals surface area (Å²) >= 11 is 0. The Kier molecular flexibility index (Phi) is 4.31. The third-order valence-corrected chi connectivity index (χ3v) is 9.06. The van der Waals surface area contributed by atoms with Gasteiger partial charge in [-0.2, -0.15) is 0 Å². The molecule has 0 aromatic carbocycles. The molecule has 0 aliphatic heterocycles. The molecule has 3 fully saturated rings. The first-order chi connectivity index (χ1) is 12.2. The fourth-order valence-corrected chi connectivity index (χ4v) is 7.35. The lowest BCUT2D eigenvalue weighted by molar-refractivity contribution is -0.160. The van der Waals surface area contributed by atoms with E-state index in [1.165, 1.54) is 12.7 Å². The van der Waals surface area contributed by atoms with Crippen molar-refractivity contribution in [3.8, 4) is 0 Å². The van der Waals surface area contributed by atoms with E-state index in [1.807, 2.05) is 0 Å². The van der Waals surface area contributed by atoms with E-state index < -0.39 is 5.60 Å². The Balaban J connectivity index is 1.63. The lowest BCUT2D eigenvalue weighted by atomic mass is 9.47. The summed E-state index contributed by atoms with van der Waals surface area (Å²) in [5, 5.41) is 21.5. The summed E-state index contributed by atoms with van der Waals surface area (Å²) in [7, 11) is 1.41. The third-order valence-electron chi connectivity index (χ3n) is 9.06. The summed E-state index contributed by atoms with van der Waals surface area (Å²) < 4.78 is 4.87. The van der Waals surface area contributed by atoms with E-state index in [0.29, 0.717) is 24.2 Å². The molecule has 4 heteroatoms. The van der Waals surface area contributed by atoms with Crippen molar-refractivity contribution >= 4 is 5.97 Å². The predicted molar refractivity (Wildman–Crippen MR) is 99.3 cm³/mol. The van der Waals surface area contributed by atoms with Crippen LogP contribution >= 0.6 is 0 Å². The normalized spacial score (nSPS) is 50.3. The zero-order chi connectivity index (χ0) is 18.7. The van der Waals surface area contributed by atoms with Gasteiger partial charge in [-0.3, -0.25) is 4.79 Å². The molecule has 2 N–H and O–H groups in total. The Morgan fingerprint density at radius 3 is 2.65 bits per heavy atom. The zero-order valence-electron chi connectivity index (χ0n) is 16.5. The second-order valence-corrected chi connectivity index (χ2v) is 9.94. The molecule has 0 amide bonds. The van der Waals surface area contributed by atoms with Gasteiger partial charge < -0.3 is 14.9 Å². The smallest absolute Gasteiger partial charge is 0.308 e. The molecule has 0 unspecified atom stereocenters. The van der Waals surface area contributed by atoms with Crippen molar-refractivity contribution in [3.05, 3.63) is 11.6 Å². The molecule has 4 aliphatic carbocycles. The largest absolute Gasteiger partial charge is 0.469 e. The van der Waals surface area contributed by atoms with Crippen LogP contribution < -0.4 is 0 Å². The fraction of sp³-hybridized carbons (Fsp3) is 0.864. The lowest BCUT2D eigenvalue weighted by Gasteiger charge is -2.59. The fourth-order valence-electron chi connectivity index (χ4n) is 7.35. The van der Waals surface area contributed by atoms with Crippen LogP contribution in [0, 0.1) is 28.6 Å². The average molecular weight is 363 g/mol. The second kappa shape index (κ2) is 6.07. The van der Waals surface area contributed by atoms with E-state index >= 15 is 0 Å². The van der Waals surface area contributed by atoms with E-state index in [1.54, 1.807) is 0 Å². The van der Waals surface area contributed by atoms with Gasteiger partial charge in [0, 0.05) is 0 Å². The maximum atomic E-state index is 11.9. The number of methoxy groups -OCH3 is 1. The third kappa shape index (κ3) is 2.44. The molecule has 3 saturated carbocycles. The Hall–Kier alpha value is -0.870. The number of esters is 1. The average Bonchev–Trinajstić information content (AvgIpc) is 2.86. The van der Waals surface area contributed by atoms with Gasteiger partial charge in [0.05, 0.1) is 25.2 Å². The summed E-state index contributed by atoms with van der Waals surface area (Å²) in [6.45, 7) is 4.63. The van der Waals surface area contributed by atoms with Crippen LogP contribution in [0.15, 0.2) is 11.6 Å². The van der Waals surface area contributed by atoms with Crippen LogP contribution in [0.4, 0.5) is 0 Å². The van der Waals surface area contributed by atoms with E-state index in [4.69, 9.17) is 4.74 Å². The van der Waals surface area contributed by atoms with Crippen LogP contribution in [0.25, 0.3) is 0 Å². The first kappa shape index (κ1) is 18.5. The van der Waals surface area contributed by atoms with E-state index in [9.17, 15) is 15.0 Å². The molecular formula is C22H34O4. The minimum absolute atomic E-state index is 0.123. The van der Waals surface area contributed by atoms with Gasteiger partial charge in [-0.25, -0.2) is 0 Å². The van der Waals surface area contributed by atoms with Crippen molar-refractivity contribution in [1.82, 2.24) is 0 Å². The van der Waals surface area contributed by atoms with E-state index in [0.717, 1.165) is 44.9 Å². The van der Waals surface area contributed by atoms with Crippen LogP contribution in [0.5, 0.6) is 0 Å².